The van der Waals surface area contributed by atoms with E-state index in [1.807, 2.05) is 36.4 Å². The van der Waals surface area contributed by atoms with Crippen molar-refractivity contribution < 1.29 is 4.74 Å². The lowest BCUT2D eigenvalue weighted by atomic mass is 10.3. The third-order valence-corrected chi connectivity index (χ3v) is 3.59. The van der Waals surface area contributed by atoms with Crippen LogP contribution >= 0.6 is 11.6 Å². The molecule has 4 nitrogen and oxygen atoms in total. The molecular formula is C16H16ClN3O. The smallest absolute Gasteiger partial charge is 0.121 e. The molecule has 0 aliphatic carbocycles. The summed E-state index contributed by atoms with van der Waals surface area (Å²) in [4.78, 5) is 9.06. The molecule has 0 atom stereocenters. The molecule has 2 aromatic heterocycles. The number of alkyl halides is 1. The Morgan fingerprint density at radius 3 is 2.86 bits per heavy atom. The highest BCUT2D eigenvalue weighted by Crippen LogP contribution is 2.23. The molecule has 0 radical (unpaired) electrons. The second kappa shape index (κ2) is 6.14. The van der Waals surface area contributed by atoms with Gasteiger partial charge in [0.25, 0.3) is 0 Å². The van der Waals surface area contributed by atoms with E-state index >= 15 is 0 Å². The first-order valence-corrected chi connectivity index (χ1v) is 7.34. The molecule has 0 saturated carbocycles. The van der Waals surface area contributed by atoms with E-state index < -0.39 is 0 Å². The van der Waals surface area contributed by atoms with Gasteiger partial charge in [0.1, 0.15) is 11.6 Å². The fourth-order valence-electron chi connectivity index (χ4n) is 2.38. The summed E-state index contributed by atoms with van der Waals surface area (Å²) in [5, 5.41) is 0. The predicted molar refractivity (Wildman–Crippen MR) is 84.0 cm³/mol. The highest BCUT2D eigenvalue weighted by Gasteiger charge is 2.12. The average molecular weight is 302 g/mol. The molecule has 0 saturated heterocycles. The quantitative estimate of drug-likeness (QED) is 0.679. The lowest BCUT2D eigenvalue weighted by Crippen LogP contribution is -2.07. The number of aromatic nitrogens is 3. The van der Waals surface area contributed by atoms with Crippen LogP contribution in [0, 0.1) is 0 Å². The summed E-state index contributed by atoms with van der Waals surface area (Å²) in [5.74, 6) is 2.34. The second-order valence-corrected chi connectivity index (χ2v) is 5.11. The topological polar surface area (TPSA) is 39.9 Å². The number of hydrogen-bond acceptors (Lipinski definition) is 3. The van der Waals surface area contributed by atoms with Gasteiger partial charge in [0, 0.05) is 24.6 Å². The largest absolute Gasteiger partial charge is 0.497 e. The maximum Gasteiger partial charge on any atom is 0.121 e. The van der Waals surface area contributed by atoms with E-state index in [0.717, 1.165) is 34.7 Å². The van der Waals surface area contributed by atoms with E-state index in [-0.39, 0.29) is 0 Å². The summed E-state index contributed by atoms with van der Waals surface area (Å²) in [6, 6.07) is 11.8. The fraction of sp³-hybridized carbons (Fsp3) is 0.250. The van der Waals surface area contributed by atoms with Gasteiger partial charge in [0.15, 0.2) is 0 Å². The van der Waals surface area contributed by atoms with Crippen LogP contribution in [0.5, 0.6) is 5.75 Å². The van der Waals surface area contributed by atoms with Crippen LogP contribution in [0.25, 0.3) is 11.0 Å². The molecule has 108 valence electrons. The Labute approximate surface area is 128 Å². The van der Waals surface area contributed by atoms with Crippen LogP contribution in [0.2, 0.25) is 0 Å². The molecule has 21 heavy (non-hydrogen) atoms. The van der Waals surface area contributed by atoms with Crippen molar-refractivity contribution in [3.8, 4) is 5.75 Å². The Kier molecular flexibility index (Phi) is 4.06. The van der Waals surface area contributed by atoms with Crippen molar-refractivity contribution in [2.45, 2.75) is 13.0 Å². The van der Waals surface area contributed by atoms with Crippen LogP contribution in [-0.4, -0.2) is 27.5 Å². The Hall–Kier alpha value is -2.07. The lowest BCUT2D eigenvalue weighted by molar-refractivity contribution is 0.415. The number of nitrogens with zero attached hydrogens (tertiary/aromatic N) is 3. The molecule has 3 aromatic rings. The van der Waals surface area contributed by atoms with Gasteiger partial charge in [-0.05, 0) is 24.3 Å². The summed E-state index contributed by atoms with van der Waals surface area (Å²) >= 11 is 5.90. The fourth-order valence-corrected chi connectivity index (χ4v) is 2.55. The maximum atomic E-state index is 5.90. The SMILES string of the molecule is COc1ccc2nc(CCCl)n(Cc3ccccn3)c2c1. The molecule has 0 aliphatic rings. The van der Waals surface area contributed by atoms with Crippen LogP contribution in [0.4, 0.5) is 0 Å². The van der Waals surface area contributed by atoms with Crippen molar-refractivity contribution in [3.05, 3.63) is 54.1 Å². The molecule has 0 spiro atoms. The molecule has 0 fully saturated rings. The number of benzene rings is 1. The standard InChI is InChI=1S/C16H16ClN3O/c1-21-13-5-6-14-15(10-13)20(16(19-14)7-8-17)11-12-4-2-3-9-18-12/h2-6,9-10H,7-8,11H2,1H3. The van der Waals surface area contributed by atoms with Gasteiger partial charge in [-0.3, -0.25) is 4.98 Å². The summed E-state index contributed by atoms with van der Waals surface area (Å²) in [6.07, 6.45) is 2.53. The summed E-state index contributed by atoms with van der Waals surface area (Å²) in [7, 11) is 1.67. The zero-order valence-electron chi connectivity index (χ0n) is 11.8. The van der Waals surface area contributed by atoms with E-state index in [4.69, 9.17) is 16.3 Å². The predicted octanol–water partition coefficient (Wildman–Crippen LogP) is 3.27. The number of ether oxygens (including phenoxy) is 1. The van der Waals surface area contributed by atoms with Gasteiger partial charge in [0.05, 0.1) is 30.4 Å². The van der Waals surface area contributed by atoms with Crippen molar-refractivity contribution >= 4 is 22.6 Å². The molecule has 5 heteroatoms. The van der Waals surface area contributed by atoms with E-state index in [9.17, 15) is 0 Å². The zero-order chi connectivity index (χ0) is 14.7. The number of fused-ring (bicyclic) bond motifs is 1. The monoisotopic (exact) mass is 301 g/mol. The van der Waals surface area contributed by atoms with Gasteiger partial charge in [-0.2, -0.15) is 0 Å². The molecule has 0 amide bonds. The molecular weight excluding hydrogens is 286 g/mol. The molecule has 0 bridgehead atoms. The number of imidazole rings is 1. The third kappa shape index (κ3) is 2.85. The molecule has 3 rings (SSSR count). The number of rotatable bonds is 5. The first kappa shape index (κ1) is 13.9. The summed E-state index contributed by atoms with van der Waals surface area (Å²) in [6.45, 7) is 0.677. The second-order valence-electron chi connectivity index (χ2n) is 4.73. The van der Waals surface area contributed by atoms with Gasteiger partial charge in [-0.25, -0.2) is 4.98 Å². The lowest BCUT2D eigenvalue weighted by Gasteiger charge is -2.08. The molecule has 0 N–H and O–H groups in total. The van der Waals surface area contributed by atoms with Crippen molar-refractivity contribution in [2.75, 3.05) is 13.0 Å². The van der Waals surface area contributed by atoms with Gasteiger partial charge in [-0.1, -0.05) is 6.07 Å². The van der Waals surface area contributed by atoms with E-state index in [1.165, 1.54) is 0 Å². The Morgan fingerprint density at radius 1 is 1.24 bits per heavy atom. The van der Waals surface area contributed by atoms with Crippen molar-refractivity contribution in [1.29, 1.82) is 0 Å². The molecule has 0 aliphatic heterocycles. The minimum absolute atomic E-state index is 0.544. The van der Waals surface area contributed by atoms with Crippen molar-refractivity contribution in [2.24, 2.45) is 0 Å². The summed E-state index contributed by atoms with van der Waals surface area (Å²) < 4.78 is 7.47. The maximum absolute atomic E-state index is 5.90. The van der Waals surface area contributed by atoms with Crippen LogP contribution in [0.3, 0.4) is 0 Å². The van der Waals surface area contributed by atoms with Gasteiger partial charge >= 0.3 is 0 Å². The van der Waals surface area contributed by atoms with E-state index in [0.29, 0.717) is 12.4 Å². The first-order valence-electron chi connectivity index (χ1n) is 6.81. The van der Waals surface area contributed by atoms with Gasteiger partial charge < -0.3 is 9.30 Å². The zero-order valence-corrected chi connectivity index (χ0v) is 12.5. The Balaban J connectivity index is 2.10. The number of aryl methyl sites for hydroxylation is 1. The minimum atomic E-state index is 0.544. The highest BCUT2D eigenvalue weighted by atomic mass is 35.5. The Morgan fingerprint density at radius 2 is 2.14 bits per heavy atom. The molecule has 1 aromatic carbocycles. The summed E-state index contributed by atoms with van der Waals surface area (Å²) in [5.41, 5.74) is 2.99. The van der Waals surface area contributed by atoms with Crippen molar-refractivity contribution in [3.63, 3.8) is 0 Å². The number of pyridine rings is 1. The van der Waals surface area contributed by atoms with Gasteiger partial charge in [-0.15, -0.1) is 11.6 Å². The highest BCUT2D eigenvalue weighted by molar-refractivity contribution is 6.17. The van der Waals surface area contributed by atoms with E-state index in [1.54, 1.807) is 13.3 Å². The van der Waals surface area contributed by atoms with Crippen LogP contribution < -0.4 is 4.74 Å². The minimum Gasteiger partial charge on any atom is -0.497 e. The third-order valence-electron chi connectivity index (χ3n) is 3.40. The Bertz CT molecular complexity index is 740. The first-order chi connectivity index (χ1) is 10.3. The average Bonchev–Trinajstić information content (AvgIpc) is 2.86. The van der Waals surface area contributed by atoms with Crippen LogP contribution in [0.15, 0.2) is 42.6 Å². The van der Waals surface area contributed by atoms with Gasteiger partial charge in [0.2, 0.25) is 0 Å². The van der Waals surface area contributed by atoms with Crippen LogP contribution in [-0.2, 0) is 13.0 Å². The number of hydrogen-bond donors (Lipinski definition) is 0. The molecule has 2 heterocycles. The van der Waals surface area contributed by atoms with E-state index in [2.05, 4.69) is 14.5 Å². The van der Waals surface area contributed by atoms with Crippen LogP contribution in [0.1, 0.15) is 11.5 Å². The molecule has 0 unspecified atom stereocenters. The number of halogens is 1. The number of methoxy groups -OCH3 is 1. The normalized spacial score (nSPS) is 11.0. The van der Waals surface area contributed by atoms with Crippen molar-refractivity contribution in [1.82, 2.24) is 14.5 Å².